The fourth-order valence-corrected chi connectivity index (χ4v) is 4.06. The Kier molecular flexibility index (Phi) is 11.7. The molecule has 2 saturated heterocycles. The van der Waals surface area contributed by atoms with E-state index in [2.05, 4.69) is 60.2 Å². The Morgan fingerprint density at radius 3 is 2.56 bits per heavy atom. The number of rotatable bonds is 7. The van der Waals surface area contributed by atoms with Crippen LogP contribution < -0.4 is 5.32 Å². The van der Waals surface area contributed by atoms with Crippen molar-refractivity contribution in [1.82, 2.24) is 10.2 Å². The molecule has 1 atom stereocenters. The Morgan fingerprint density at radius 1 is 1.16 bits per heavy atom. The van der Waals surface area contributed by atoms with Gasteiger partial charge in [-0.2, -0.15) is 0 Å². The maximum absolute atomic E-state index is 6.15. The zero-order valence-electron chi connectivity index (χ0n) is 20.3. The minimum Gasteiger partial charge on any atom is -0.376 e. The molecule has 7 heteroatoms. The second kappa shape index (κ2) is 13.7. The molecule has 1 aromatic rings. The highest BCUT2D eigenvalue weighted by Gasteiger charge is 2.23. The van der Waals surface area contributed by atoms with Crippen molar-refractivity contribution in [2.75, 3.05) is 33.4 Å². The number of hydrogen-bond donors (Lipinski definition) is 1. The van der Waals surface area contributed by atoms with Gasteiger partial charge in [0.05, 0.1) is 31.0 Å². The van der Waals surface area contributed by atoms with Crippen LogP contribution in [-0.4, -0.2) is 62.0 Å². The fourth-order valence-electron chi connectivity index (χ4n) is 4.06. The first kappa shape index (κ1) is 27.3. The van der Waals surface area contributed by atoms with E-state index in [0.717, 1.165) is 58.1 Å². The maximum Gasteiger partial charge on any atom is 0.193 e. The monoisotopic (exact) mass is 559 g/mol. The van der Waals surface area contributed by atoms with Gasteiger partial charge in [-0.15, -0.1) is 24.0 Å². The number of hydrogen-bond acceptors (Lipinski definition) is 4. The van der Waals surface area contributed by atoms with Gasteiger partial charge in [0.25, 0.3) is 0 Å². The molecule has 1 unspecified atom stereocenters. The second-order valence-corrected chi connectivity index (χ2v) is 9.63. The van der Waals surface area contributed by atoms with Gasteiger partial charge in [-0.25, -0.2) is 0 Å². The number of halogens is 1. The summed E-state index contributed by atoms with van der Waals surface area (Å²) >= 11 is 0. The van der Waals surface area contributed by atoms with Crippen molar-refractivity contribution >= 4 is 29.9 Å². The van der Waals surface area contributed by atoms with Crippen molar-refractivity contribution in [1.29, 1.82) is 0 Å². The molecule has 182 valence electrons. The molecule has 3 rings (SSSR count). The summed E-state index contributed by atoms with van der Waals surface area (Å²) < 4.78 is 17.8. The van der Waals surface area contributed by atoms with Gasteiger partial charge in [0.15, 0.2) is 5.96 Å². The Balaban J connectivity index is 0.00000363. The maximum atomic E-state index is 6.15. The van der Waals surface area contributed by atoms with E-state index in [9.17, 15) is 0 Å². The van der Waals surface area contributed by atoms with Crippen LogP contribution in [0.5, 0.6) is 0 Å². The molecule has 6 nitrogen and oxygen atoms in total. The summed E-state index contributed by atoms with van der Waals surface area (Å²) in [6.45, 7) is 11.2. The van der Waals surface area contributed by atoms with Crippen molar-refractivity contribution in [3.8, 4) is 0 Å². The molecule has 0 bridgehead atoms. The molecule has 2 heterocycles. The number of nitrogens with one attached hydrogen (secondary N) is 1. The third-order valence-electron chi connectivity index (χ3n) is 5.86. The normalized spacial score (nSPS) is 20.7. The summed E-state index contributed by atoms with van der Waals surface area (Å²) in [5, 5.41) is 3.53. The zero-order valence-corrected chi connectivity index (χ0v) is 22.6. The minimum absolute atomic E-state index is 0. The van der Waals surface area contributed by atoms with E-state index in [4.69, 9.17) is 14.2 Å². The number of likely N-dealkylation sites (tertiary alicyclic amines) is 1. The van der Waals surface area contributed by atoms with Crippen LogP contribution in [0.15, 0.2) is 29.3 Å². The van der Waals surface area contributed by atoms with E-state index in [1.165, 1.54) is 24.0 Å². The molecule has 2 aliphatic rings. The van der Waals surface area contributed by atoms with Crippen molar-refractivity contribution in [3.63, 3.8) is 0 Å². The molecule has 0 spiro atoms. The molecule has 0 aliphatic carbocycles. The van der Waals surface area contributed by atoms with E-state index < -0.39 is 0 Å². The highest BCUT2D eigenvalue weighted by molar-refractivity contribution is 14.0. The molecule has 2 aliphatic heterocycles. The number of guanidine groups is 1. The van der Waals surface area contributed by atoms with E-state index in [1.54, 1.807) is 0 Å². The summed E-state index contributed by atoms with van der Waals surface area (Å²) in [5.41, 5.74) is 2.31. The van der Waals surface area contributed by atoms with Crippen LogP contribution in [-0.2, 0) is 27.4 Å². The van der Waals surface area contributed by atoms with E-state index in [1.807, 2.05) is 7.05 Å². The quantitative estimate of drug-likeness (QED) is 0.297. The van der Waals surface area contributed by atoms with Gasteiger partial charge in [-0.3, -0.25) is 4.99 Å². The summed E-state index contributed by atoms with van der Waals surface area (Å²) in [6.07, 6.45) is 6.29. The van der Waals surface area contributed by atoms with Gasteiger partial charge in [-0.1, -0.05) is 24.3 Å². The largest absolute Gasteiger partial charge is 0.376 e. The predicted molar refractivity (Wildman–Crippen MR) is 141 cm³/mol. The van der Waals surface area contributed by atoms with Crippen molar-refractivity contribution in [3.05, 3.63) is 35.4 Å². The van der Waals surface area contributed by atoms with Gasteiger partial charge in [-0.05, 0) is 64.0 Å². The van der Waals surface area contributed by atoms with Crippen LogP contribution in [0.4, 0.5) is 0 Å². The fraction of sp³-hybridized carbons (Fsp3) is 0.720. The summed E-state index contributed by atoms with van der Waals surface area (Å²) in [5.74, 6) is 0.963. The third kappa shape index (κ3) is 9.53. The SMILES string of the molecule is CN=C(NCc1cccc(COC(C)(C)C)c1)N1CCC(OCC2CCCCO2)CC1.I. The zero-order chi connectivity index (χ0) is 22.1. The van der Waals surface area contributed by atoms with Crippen LogP contribution in [0, 0.1) is 0 Å². The molecule has 2 fully saturated rings. The van der Waals surface area contributed by atoms with E-state index in [-0.39, 0.29) is 29.6 Å². The second-order valence-electron chi connectivity index (χ2n) is 9.63. The topological polar surface area (TPSA) is 55.3 Å². The molecule has 1 N–H and O–H groups in total. The van der Waals surface area contributed by atoms with Crippen molar-refractivity contribution < 1.29 is 14.2 Å². The first-order chi connectivity index (χ1) is 14.9. The van der Waals surface area contributed by atoms with Crippen LogP contribution in [0.3, 0.4) is 0 Å². The van der Waals surface area contributed by atoms with Crippen LogP contribution in [0.25, 0.3) is 0 Å². The van der Waals surface area contributed by atoms with Gasteiger partial charge in [0.1, 0.15) is 0 Å². The van der Waals surface area contributed by atoms with Crippen LogP contribution in [0.2, 0.25) is 0 Å². The number of ether oxygens (including phenoxy) is 3. The van der Waals surface area contributed by atoms with Gasteiger partial charge in [0.2, 0.25) is 0 Å². The lowest BCUT2D eigenvalue weighted by Gasteiger charge is -2.35. The Labute approximate surface area is 211 Å². The van der Waals surface area contributed by atoms with Gasteiger partial charge in [0, 0.05) is 33.3 Å². The molecular formula is C25H42IN3O3. The number of piperidine rings is 1. The third-order valence-corrected chi connectivity index (χ3v) is 5.86. The Bertz CT molecular complexity index is 694. The smallest absolute Gasteiger partial charge is 0.193 e. The van der Waals surface area contributed by atoms with Gasteiger partial charge >= 0.3 is 0 Å². The Hall–Kier alpha value is -0.900. The molecule has 1 aromatic carbocycles. The lowest BCUT2D eigenvalue weighted by Crippen LogP contribution is -2.47. The molecule has 32 heavy (non-hydrogen) atoms. The number of nitrogens with zero attached hydrogens (tertiary/aromatic N) is 2. The molecule has 0 aromatic heterocycles. The lowest BCUT2D eigenvalue weighted by atomic mass is 10.1. The van der Waals surface area contributed by atoms with Crippen molar-refractivity contribution in [2.24, 2.45) is 4.99 Å². The van der Waals surface area contributed by atoms with Crippen LogP contribution >= 0.6 is 24.0 Å². The van der Waals surface area contributed by atoms with E-state index >= 15 is 0 Å². The highest BCUT2D eigenvalue weighted by atomic mass is 127. The first-order valence-electron chi connectivity index (χ1n) is 11.8. The summed E-state index contributed by atoms with van der Waals surface area (Å²) in [7, 11) is 1.86. The molecule has 0 radical (unpaired) electrons. The number of benzene rings is 1. The summed E-state index contributed by atoms with van der Waals surface area (Å²) in [6, 6.07) is 8.57. The summed E-state index contributed by atoms with van der Waals surface area (Å²) in [4.78, 5) is 6.85. The van der Waals surface area contributed by atoms with Crippen LogP contribution in [0.1, 0.15) is 64.0 Å². The molecular weight excluding hydrogens is 517 g/mol. The Morgan fingerprint density at radius 2 is 1.91 bits per heavy atom. The lowest BCUT2D eigenvalue weighted by molar-refractivity contribution is -0.0721. The predicted octanol–water partition coefficient (Wildman–Crippen LogP) is 4.75. The number of aliphatic imine (C=N–C) groups is 1. The molecule has 0 amide bonds. The molecule has 0 saturated carbocycles. The average molecular weight is 560 g/mol. The first-order valence-corrected chi connectivity index (χ1v) is 11.8. The standard InChI is InChI=1S/C25H41N3O3.HI/c1-25(2,3)31-18-21-9-7-8-20(16-21)17-27-24(26-4)28-13-11-22(12-14-28)30-19-23-10-5-6-15-29-23;/h7-9,16,22-23H,5-6,10-15,17-19H2,1-4H3,(H,26,27);1H. The highest BCUT2D eigenvalue weighted by Crippen LogP contribution is 2.18. The average Bonchev–Trinajstić information content (AvgIpc) is 2.78. The minimum atomic E-state index is -0.129. The van der Waals surface area contributed by atoms with E-state index in [0.29, 0.717) is 18.8 Å². The van der Waals surface area contributed by atoms with Crippen molar-refractivity contribution in [2.45, 2.75) is 83.8 Å². The van der Waals surface area contributed by atoms with Gasteiger partial charge < -0.3 is 24.4 Å².